The van der Waals surface area contributed by atoms with Gasteiger partial charge in [-0.15, -0.1) is 11.3 Å². The second-order valence-electron chi connectivity index (χ2n) is 5.00. The van der Waals surface area contributed by atoms with Crippen LogP contribution >= 0.6 is 11.3 Å². The van der Waals surface area contributed by atoms with Crippen LogP contribution in [0, 0.1) is 5.92 Å². The Labute approximate surface area is 107 Å². The number of benzene rings is 1. The Morgan fingerprint density at radius 3 is 2.71 bits per heavy atom. The maximum absolute atomic E-state index is 3.53. The van der Waals surface area contributed by atoms with Crippen molar-refractivity contribution in [3.63, 3.8) is 0 Å². The second-order valence-corrected chi connectivity index (χ2v) is 6.11. The summed E-state index contributed by atoms with van der Waals surface area (Å²) < 4.78 is 1.42. The molecule has 0 saturated heterocycles. The van der Waals surface area contributed by atoms with Crippen LogP contribution in [0.3, 0.4) is 0 Å². The summed E-state index contributed by atoms with van der Waals surface area (Å²) in [5.74, 6) is 0.841. The molecule has 0 spiro atoms. The first kappa shape index (κ1) is 11.2. The lowest BCUT2D eigenvalue weighted by molar-refractivity contribution is 0.396. The molecule has 0 bridgehead atoms. The van der Waals surface area contributed by atoms with Crippen LogP contribution in [0.2, 0.25) is 0 Å². The maximum atomic E-state index is 3.53. The highest BCUT2D eigenvalue weighted by Crippen LogP contribution is 2.39. The molecule has 3 rings (SSSR count). The number of thiophene rings is 1. The van der Waals surface area contributed by atoms with E-state index in [2.05, 4.69) is 42.7 Å². The zero-order valence-electron chi connectivity index (χ0n) is 10.3. The van der Waals surface area contributed by atoms with Crippen molar-refractivity contribution >= 4 is 21.4 Å². The minimum Gasteiger partial charge on any atom is -0.312 e. The molecule has 1 saturated carbocycles. The highest BCUT2D eigenvalue weighted by Gasteiger charge is 2.26. The lowest BCUT2D eigenvalue weighted by Gasteiger charge is -2.21. The van der Waals surface area contributed by atoms with Gasteiger partial charge < -0.3 is 5.32 Å². The molecule has 1 aromatic heterocycles. The third-order valence-corrected chi connectivity index (χ3v) is 5.13. The standard InChI is InChI=1S/C15H19NS/c1-16-15(11-6-2-3-7-11)14-10-12-8-4-5-9-13(12)17-14/h4-5,8-11,15-16H,2-3,6-7H2,1H3. The molecule has 1 heterocycles. The van der Waals surface area contributed by atoms with E-state index >= 15 is 0 Å². The van der Waals surface area contributed by atoms with Crippen molar-refractivity contribution in [2.45, 2.75) is 31.7 Å². The SMILES string of the molecule is CNC(c1cc2ccccc2s1)C1CCCC1. The Hall–Kier alpha value is -0.860. The second kappa shape index (κ2) is 4.79. The molecule has 2 heteroatoms. The average molecular weight is 245 g/mol. The van der Waals surface area contributed by atoms with Gasteiger partial charge in [0.25, 0.3) is 0 Å². The lowest BCUT2D eigenvalue weighted by atomic mass is 9.97. The zero-order chi connectivity index (χ0) is 11.7. The highest BCUT2D eigenvalue weighted by molar-refractivity contribution is 7.19. The molecule has 1 aliphatic carbocycles. The molecule has 1 unspecified atom stereocenters. The van der Waals surface area contributed by atoms with E-state index in [-0.39, 0.29) is 0 Å². The Morgan fingerprint density at radius 1 is 1.24 bits per heavy atom. The normalized spacial score (nSPS) is 18.9. The van der Waals surface area contributed by atoms with E-state index in [4.69, 9.17) is 0 Å². The highest BCUT2D eigenvalue weighted by atomic mass is 32.1. The summed E-state index contributed by atoms with van der Waals surface area (Å²) in [6, 6.07) is 11.6. The number of hydrogen-bond acceptors (Lipinski definition) is 2. The molecule has 1 aromatic carbocycles. The molecule has 0 aliphatic heterocycles. The summed E-state index contributed by atoms with van der Waals surface area (Å²) in [4.78, 5) is 1.51. The van der Waals surface area contributed by atoms with Crippen molar-refractivity contribution in [1.29, 1.82) is 0 Å². The first-order valence-electron chi connectivity index (χ1n) is 6.54. The topological polar surface area (TPSA) is 12.0 Å². The van der Waals surface area contributed by atoms with E-state index in [1.807, 2.05) is 11.3 Å². The number of nitrogens with one attached hydrogen (secondary N) is 1. The number of rotatable bonds is 3. The minimum atomic E-state index is 0.565. The number of fused-ring (bicyclic) bond motifs is 1. The van der Waals surface area contributed by atoms with E-state index < -0.39 is 0 Å². The molecule has 90 valence electrons. The van der Waals surface area contributed by atoms with Crippen molar-refractivity contribution in [2.75, 3.05) is 7.05 Å². The van der Waals surface area contributed by atoms with E-state index in [0.29, 0.717) is 6.04 Å². The first-order chi connectivity index (χ1) is 8.38. The van der Waals surface area contributed by atoms with Crippen molar-refractivity contribution in [1.82, 2.24) is 5.32 Å². The fraction of sp³-hybridized carbons (Fsp3) is 0.467. The molecule has 1 N–H and O–H groups in total. The van der Waals surface area contributed by atoms with Gasteiger partial charge in [-0.2, -0.15) is 0 Å². The summed E-state index contributed by atoms with van der Waals surface area (Å²) in [5.41, 5.74) is 0. The number of hydrogen-bond donors (Lipinski definition) is 1. The Morgan fingerprint density at radius 2 is 2.00 bits per heavy atom. The van der Waals surface area contributed by atoms with E-state index in [9.17, 15) is 0 Å². The lowest BCUT2D eigenvalue weighted by Crippen LogP contribution is -2.22. The van der Waals surface area contributed by atoms with Crippen LogP contribution in [-0.4, -0.2) is 7.05 Å². The molecule has 0 amide bonds. The van der Waals surface area contributed by atoms with Gasteiger partial charge in [0.05, 0.1) is 0 Å². The van der Waals surface area contributed by atoms with Crippen LogP contribution in [0.1, 0.15) is 36.6 Å². The van der Waals surface area contributed by atoms with Gasteiger partial charge in [0.1, 0.15) is 0 Å². The van der Waals surface area contributed by atoms with E-state index in [1.54, 1.807) is 0 Å². The fourth-order valence-corrected chi connectivity index (χ4v) is 4.33. The summed E-state index contributed by atoms with van der Waals surface area (Å²) in [6.07, 6.45) is 5.60. The summed E-state index contributed by atoms with van der Waals surface area (Å²) in [5, 5.41) is 4.93. The van der Waals surface area contributed by atoms with E-state index in [0.717, 1.165) is 5.92 Å². The minimum absolute atomic E-state index is 0.565. The Balaban J connectivity index is 1.94. The summed E-state index contributed by atoms with van der Waals surface area (Å²) in [6.45, 7) is 0. The van der Waals surface area contributed by atoms with Crippen LogP contribution < -0.4 is 5.32 Å². The summed E-state index contributed by atoms with van der Waals surface area (Å²) in [7, 11) is 2.10. The van der Waals surface area contributed by atoms with Crippen molar-refractivity contribution in [2.24, 2.45) is 5.92 Å². The molecular formula is C15H19NS. The predicted octanol–water partition coefficient (Wildman–Crippen LogP) is 4.35. The van der Waals surface area contributed by atoms with Gasteiger partial charge in [0.15, 0.2) is 0 Å². The van der Waals surface area contributed by atoms with Crippen molar-refractivity contribution in [3.05, 3.63) is 35.2 Å². The van der Waals surface area contributed by atoms with Crippen LogP contribution in [-0.2, 0) is 0 Å². The van der Waals surface area contributed by atoms with Gasteiger partial charge in [0.2, 0.25) is 0 Å². The van der Waals surface area contributed by atoms with Crippen LogP contribution in [0.4, 0.5) is 0 Å². The third kappa shape index (κ3) is 2.12. The van der Waals surface area contributed by atoms with Gasteiger partial charge in [-0.1, -0.05) is 31.0 Å². The first-order valence-corrected chi connectivity index (χ1v) is 7.36. The Bertz CT molecular complexity index is 463. The van der Waals surface area contributed by atoms with Crippen molar-refractivity contribution < 1.29 is 0 Å². The molecule has 17 heavy (non-hydrogen) atoms. The third-order valence-electron chi connectivity index (χ3n) is 3.93. The molecule has 0 radical (unpaired) electrons. The van der Waals surface area contributed by atoms with Crippen LogP contribution in [0.25, 0.3) is 10.1 Å². The van der Waals surface area contributed by atoms with Gasteiger partial charge in [-0.05, 0) is 43.3 Å². The molecule has 1 atom stereocenters. The van der Waals surface area contributed by atoms with Gasteiger partial charge in [-0.3, -0.25) is 0 Å². The fourth-order valence-electron chi connectivity index (χ4n) is 3.06. The summed E-state index contributed by atoms with van der Waals surface area (Å²) >= 11 is 1.95. The van der Waals surface area contributed by atoms with Crippen LogP contribution in [0.15, 0.2) is 30.3 Å². The van der Waals surface area contributed by atoms with Crippen LogP contribution in [0.5, 0.6) is 0 Å². The van der Waals surface area contributed by atoms with Gasteiger partial charge in [-0.25, -0.2) is 0 Å². The van der Waals surface area contributed by atoms with Crippen molar-refractivity contribution in [3.8, 4) is 0 Å². The van der Waals surface area contributed by atoms with Gasteiger partial charge in [0, 0.05) is 15.6 Å². The monoisotopic (exact) mass is 245 g/mol. The molecule has 1 fully saturated rings. The molecular weight excluding hydrogens is 226 g/mol. The molecule has 1 nitrogen and oxygen atoms in total. The predicted molar refractivity (Wildman–Crippen MR) is 75.6 cm³/mol. The smallest absolute Gasteiger partial charge is 0.0441 e. The Kier molecular flexibility index (Phi) is 3.17. The molecule has 2 aromatic rings. The van der Waals surface area contributed by atoms with Gasteiger partial charge >= 0.3 is 0 Å². The quantitative estimate of drug-likeness (QED) is 0.847. The van der Waals surface area contributed by atoms with E-state index in [1.165, 1.54) is 40.6 Å². The largest absolute Gasteiger partial charge is 0.312 e. The average Bonchev–Trinajstić information content (AvgIpc) is 2.98. The molecule has 1 aliphatic rings. The zero-order valence-corrected chi connectivity index (χ0v) is 11.1. The maximum Gasteiger partial charge on any atom is 0.0441 e.